The van der Waals surface area contributed by atoms with Crippen molar-refractivity contribution in [3.05, 3.63) is 33.8 Å². The Kier molecular flexibility index (Phi) is 7.53. The van der Waals surface area contributed by atoms with Crippen LogP contribution in [-0.4, -0.2) is 56.8 Å². The first-order chi connectivity index (χ1) is 12.9. The lowest BCUT2D eigenvalue weighted by molar-refractivity contribution is -0.118. The molecule has 1 aromatic rings. The number of carbonyl (C=O) groups is 1. The first-order valence-corrected chi connectivity index (χ1v) is 11.5. The highest BCUT2D eigenvalue weighted by Gasteiger charge is 2.32. The summed E-state index contributed by atoms with van der Waals surface area (Å²) in [7, 11) is -0.392. The molecule has 2 rings (SSSR count). The van der Waals surface area contributed by atoms with E-state index in [2.05, 4.69) is 9.62 Å². The van der Waals surface area contributed by atoms with Crippen molar-refractivity contribution in [3.63, 3.8) is 0 Å². The number of halogens is 1. The molecule has 0 aromatic heterocycles. The number of nitrogens with zero attached hydrogens (tertiary/aromatic N) is 2. The van der Waals surface area contributed by atoms with Crippen LogP contribution in [-0.2, 0) is 21.4 Å². The van der Waals surface area contributed by atoms with E-state index >= 15 is 0 Å². The van der Waals surface area contributed by atoms with Gasteiger partial charge >= 0.3 is 10.2 Å². The molecule has 1 atom stereocenters. The molecule has 0 spiro atoms. The zero-order valence-corrected chi connectivity index (χ0v) is 19.2. The van der Waals surface area contributed by atoms with E-state index in [0.29, 0.717) is 11.6 Å². The van der Waals surface area contributed by atoms with Gasteiger partial charge in [0.25, 0.3) is 0 Å². The van der Waals surface area contributed by atoms with E-state index in [4.69, 9.17) is 11.6 Å². The molecule has 8 heteroatoms. The normalized spacial score (nSPS) is 18.4. The second-order valence-electron chi connectivity index (χ2n) is 8.30. The van der Waals surface area contributed by atoms with Crippen LogP contribution in [0.4, 0.5) is 0 Å². The number of amides is 1. The third-order valence-electron chi connectivity index (χ3n) is 5.37. The smallest absolute Gasteiger partial charge is 0.303 e. The highest BCUT2D eigenvalue weighted by molar-refractivity contribution is 7.87. The average molecular weight is 430 g/mol. The lowest BCUT2D eigenvalue weighted by atomic mass is 9.87. The lowest BCUT2D eigenvalue weighted by Crippen LogP contribution is -2.47. The number of likely N-dealkylation sites (tertiary alicyclic amines) is 1. The van der Waals surface area contributed by atoms with Crippen LogP contribution < -0.4 is 4.72 Å². The van der Waals surface area contributed by atoms with Gasteiger partial charge in [-0.15, -0.1) is 0 Å². The van der Waals surface area contributed by atoms with Crippen LogP contribution in [0, 0.1) is 0 Å². The predicted octanol–water partition coefficient (Wildman–Crippen LogP) is 3.13. The van der Waals surface area contributed by atoms with Gasteiger partial charge in [0.2, 0.25) is 5.91 Å². The SMILES string of the molecule is CC(C)c1cc(Cl)cc(C(C)C)c1CC(=O)NS(=O)(=O)N(C)C1CCN(C)C1. The fraction of sp³-hybridized carbons (Fsp3) is 0.650. The number of likely N-dealkylation sites (N-methyl/N-ethyl adjacent to an activating group) is 2. The molecule has 1 amide bonds. The van der Waals surface area contributed by atoms with E-state index in [9.17, 15) is 13.2 Å². The van der Waals surface area contributed by atoms with Crippen LogP contribution in [0.25, 0.3) is 0 Å². The molecule has 1 unspecified atom stereocenters. The Morgan fingerprint density at radius 3 is 2.21 bits per heavy atom. The van der Waals surface area contributed by atoms with Crippen molar-refractivity contribution < 1.29 is 13.2 Å². The van der Waals surface area contributed by atoms with Crippen molar-refractivity contribution in [2.75, 3.05) is 27.2 Å². The average Bonchev–Trinajstić information content (AvgIpc) is 3.00. The van der Waals surface area contributed by atoms with Crippen molar-refractivity contribution in [3.8, 4) is 0 Å². The van der Waals surface area contributed by atoms with Gasteiger partial charge in [0.05, 0.1) is 6.42 Å². The van der Waals surface area contributed by atoms with Gasteiger partial charge < -0.3 is 4.90 Å². The molecule has 1 aliphatic rings. The molecule has 0 bridgehead atoms. The lowest BCUT2D eigenvalue weighted by Gasteiger charge is -2.24. The van der Waals surface area contributed by atoms with Gasteiger partial charge in [-0.2, -0.15) is 12.7 Å². The molecular formula is C20H32ClN3O3S. The van der Waals surface area contributed by atoms with Gasteiger partial charge in [0.15, 0.2) is 0 Å². The summed E-state index contributed by atoms with van der Waals surface area (Å²) >= 11 is 6.27. The predicted molar refractivity (Wildman–Crippen MR) is 114 cm³/mol. The van der Waals surface area contributed by atoms with Crippen molar-refractivity contribution in [1.29, 1.82) is 0 Å². The van der Waals surface area contributed by atoms with E-state index in [1.807, 2.05) is 46.9 Å². The molecule has 1 fully saturated rings. The Morgan fingerprint density at radius 2 is 1.79 bits per heavy atom. The van der Waals surface area contributed by atoms with E-state index in [1.54, 1.807) is 0 Å². The van der Waals surface area contributed by atoms with Gasteiger partial charge in [-0.1, -0.05) is 39.3 Å². The number of nitrogens with one attached hydrogen (secondary N) is 1. The fourth-order valence-corrected chi connectivity index (χ4v) is 5.03. The molecule has 158 valence electrons. The van der Waals surface area contributed by atoms with Crippen molar-refractivity contribution in [2.45, 2.75) is 58.4 Å². The summed E-state index contributed by atoms with van der Waals surface area (Å²) in [6, 6.07) is 3.62. The van der Waals surface area contributed by atoms with Crippen molar-refractivity contribution in [2.24, 2.45) is 0 Å². The van der Waals surface area contributed by atoms with Gasteiger partial charge in [-0.05, 0) is 60.7 Å². The van der Waals surface area contributed by atoms with Crippen LogP contribution in [0.1, 0.15) is 62.6 Å². The zero-order chi connectivity index (χ0) is 21.2. The Labute approximate surface area is 174 Å². The second-order valence-corrected chi connectivity index (χ2v) is 10.5. The van der Waals surface area contributed by atoms with Crippen LogP contribution in [0.5, 0.6) is 0 Å². The number of carbonyl (C=O) groups excluding carboxylic acids is 1. The van der Waals surface area contributed by atoms with Crippen molar-refractivity contribution >= 4 is 27.7 Å². The molecule has 1 aromatic carbocycles. The van der Waals surface area contributed by atoms with Crippen LogP contribution in [0.2, 0.25) is 5.02 Å². The molecule has 28 heavy (non-hydrogen) atoms. The van der Waals surface area contributed by atoms with Crippen LogP contribution in [0.15, 0.2) is 12.1 Å². The van der Waals surface area contributed by atoms with E-state index in [0.717, 1.165) is 29.7 Å². The first kappa shape index (κ1) is 23.1. The maximum atomic E-state index is 12.7. The third kappa shape index (κ3) is 5.47. The Balaban J connectivity index is 2.22. The molecule has 1 saturated heterocycles. The Hall–Kier alpha value is -1.15. The molecule has 6 nitrogen and oxygen atoms in total. The Bertz CT molecular complexity index is 795. The molecule has 1 aliphatic heterocycles. The van der Waals surface area contributed by atoms with Crippen LogP contribution >= 0.6 is 11.6 Å². The molecule has 1 heterocycles. The summed E-state index contributed by atoms with van der Waals surface area (Å²) in [5, 5.41) is 0.634. The summed E-state index contributed by atoms with van der Waals surface area (Å²) < 4.78 is 28.9. The minimum absolute atomic E-state index is 0.00976. The topological polar surface area (TPSA) is 69.7 Å². The van der Waals surface area contributed by atoms with Gasteiger partial charge in [-0.25, -0.2) is 4.72 Å². The maximum Gasteiger partial charge on any atom is 0.303 e. The third-order valence-corrected chi connectivity index (χ3v) is 7.13. The summed E-state index contributed by atoms with van der Waals surface area (Å²) in [5.74, 6) is -0.177. The van der Waals surface area contributed by atoms with E-state index in [-0.39, 0.29) is 24.3 Å². The minimum Gasteiger partial charge on any atom is -0.305 e. The Morgan fingerprint density at radius 1 is 1.25 bits per heavy atom. The standard InChI is InChI=1S/C20H32ClN3O3S/c1-13(2)17-9-15(21)10-18(14(3)4)19(17)11-20(25)22-28(26,27)24(6)16-7-8-23(5)12-16/h9-10,13-14,16H,7-8,11-12H2,1-6H3,(H,22,25). The molecule has 1 N–H and O–H groups in total. The maximum absolute atomic E-state index is 12.7. The summed E-state index contributed by atoms with van der Waals surface area (Å²) in [6.07, 6.45) is 0.768. The highest BCUT2D eigenvalue weighted by atomic mass is 35.5. The largest absolute Gasteiger partial charge is 0.305 e. The highest BCUT2D eigenvalue weighted by Crippen LogP contribution is 2.31. The summed E-state index contributed by atoms with van der Waals surface area (Å²) in [6.45, 7) is 9.67. The number of benzene rings is 1. The second kappa shape index (κ2) is 9.11. The fourth-order valence-electron chi connectivity index (χ4n) is 3.73. The first-order valence-electron chi connectivity index (χ1n) is 9.71. The summed E-state index contributed by atoms with van der Waals surface area (Å²) in [5.41, 5.74) is 2.83. The van der Waals surface area contributed by atoms with E-state index < -0.39 is 16.1 Å². The van der Waals surface area contributed by atoms with Gasteiger partial charge in [-0.3, -0.25) is 4.79 Å². The zero-order valence-electron chi connectivity index (χ0n) is 17.6. The summed E-state index contributed by atoms with van der Waals surface area (Å²) in [4.78, 5) is 14.8. The number of hydrogen-bond acceptors (Lipinski definition) is 4. The number of hydrogen-bond donors (Lipinski definition) is 1. The van der Waals surface area contributed by atoms with Crippen molar-refractivity contribution in [1.82, 2.24) is 13.9 Å². The quantitative estimate of drug-likeness (QED) is 0.722. The molecule has 0 saturated carbocycles. The molecular weight excluding hydrogens is 398 g/mol. The number of rotatable bonds is 7. The van der Waals surface area contributed by atoms with Crippen LogP contribution in [0.3, 0.4) is 0 Å². The molecule has 0 radical (unpaired) electrons. The molecule has 0 aliphatic carbocycles. The van der Waals surface area contributed by atoms with Gasteiger partial charge in [0, 0.05) is 24.7 Å². The van der Waals surface area contributed by atoms with Gasteiger partial charge in [0.1, 0.15) is 0 Å². The monoisotopic (exact) mass is 429 g/mol. The minimum atomic E-state index is -3.88. The van der Waals surface area contributed by atoms with E-state index in [1.165, 1.54) is 11.4 Å².